The van der Waals surface area contributed by atoms with Crippen molar-refractivity contribution in [3.8, 4) is 11.3 Å². The van der Waals surface area contributed by atoms with E-state index in [0.717, 1.165) is 36.5 Å². The lowest BCUT2D eigenvalue weighted by Gasteiger charge is -2.02. The summed E-state index contributed by atoms with van der Waals surface area (Å²) in [6.45, 7) is 2.94. The molecule has 5 heteroatoms. The minimum atomic E-state index is -0.195. The van der Waals surface area contributed by atoms with E-state index < -0.39 is 0 Å². The normalized spacial score (nSPS) is 17.6. The van der Waals surface area contributed by atoms with Crippen LogP contribution in [0.2, 0.25) is 0 Å². The Bertz CT molecular complexity index is 506. The summed E-state index contributed by atoms with van der Waals surface area (Å²) >= 11 is 0. The van der Waals surface area contributed by atoms with Gasteiger partial charge >= 0.3 is 0 Å². The van der Waals surface area contributed by atoms with E-state index in [2.05, 4.69) is 22.0 Å². The average molecular weight is 217 g/mol. The average Bonchev–Trinajstić information content (AvgIpc) is 2.80. The van der Waals surface area contributed by atoms with E-state index in [-0.39, 0.29) is 5.54 Å². The molecule has 0 bridgehead atoms. The highest BCUT2D eigenvalue weighted by Gasteiger charge is 2.42. The third kappa shape index (κ3) is 1.44. The highest BCUT2D eigenvalue weighted by atomic mass is 15.3. The monoisotopic (exact) mass is 217 g/mol. The van der Waals surface area contributed by atoms with Gasteiger partial charge in [0.25, 0.3) is 0 Å². The van der Waals surface area contributed by atoms with Crippen LogP contribution in [-0.4, -0.2) is 19.7 Å². The van der Waals surface area contributed by atoms with Gasteiger partial charge in [-0.3, -0.25) is 4.68 Å². The summed E-state index contributed by atoms with van der Waals surface area (Å²) in [5.41, 5.74) is 7.93. The number of nitrogens with zero attached hydrogens (tertiary/aromatic N) is 3. The fraction of sp³-hybridized carbons (Fsp3) is 0.455. The molecule has 5 nitrogen and oxygen atoms in total. The summed E-state index contributed by atoms with van der Waals surface area (Å²) < 4.78 is 1.89. The summed E-state index contributed by atoms with van der Waals surface area (Å²) in [5, 5.41) is 4.24. The second kappa shape index (κ2) is 3.18. The van der Waals surface area contributed by atoms with E-state index in [1.54, 1.807) is 0 Å². The van der Waals surface area contributed by atoms with Gasteiger partial charge < -0.3 is 10.7 Å². The van der Waals surface area contributed by atoms with Gasteiger partial charge in [-0.05, 0) is 19.8 Å². The summed E-state index contributed by atoms with van der Waals surface area (Å²) in [5.74, 6) is 0.895. The van der Waals surface area contributed by atoms with Crippen molar-refractivity contribution in [2.45, 2.75) is 31.8 Å². The Morgan fingerprint density at radius 2 is 2.31 bits per heavy atom. The van der Waals surface area contributed by atoms with Crippen molar-refractivity contribution in [1.82, 2.24) is 19.7 Å². The van der Waals surface area contributed by atoms with Crippen LogP contribution < -0.4 is 5.73 Å². The molecule has 3 N–H and O–H groups in total. The molecule has 0 aliphatic heterocycles. The molecule has 0 atom stereocenters. The fourth-order valence-electron chi connectivity index (χ4n) is 1.77. The van der Waals surface area contributed by atoms with Gasteiger partial charge in [0, 0.05) is 18.3 Å². The predicted molar refractivity (Wildman–Crippen MR) is 60.6 cm³/mol. The van der Waals surface area contributed by atoms with Crippen LogP contribution in [0.15, 0.2) is 18.6 Å². The first-order valence-electron chi connectivity index (χ1n) is 5.58. The number of aromatic nitrogens is 4. The number of hydrogen-bond donors (Lipinski definition) is 2. The Kier molecular flexibility index (Phi) is 1.91. The molecule has 0 amide bonds. The molecule has 0 aromatic carbocycles. The van der Waals surface area contributed by atoms with Gasteiger partial charge in [0.2, 0.25) is 0 Å². The molecule has 3 rings (SSSR count). The van der Waals surface area contributed by atoms with Gasteiger partial charge in [-0.25, -0.2) is 4.98 Å². The first-order chi connectivity index (χ1) is 7.71. The summed E-state index contributed by atoms with van der Waals surface area (Å²) in [6.07, 6.45) is 7.73. The van der Waals surface area contributed by atoms with E-state index in [1.165, 1.54) is 0 Å². The molecule has 2 aromatic rings. The van der Waals surface area contributed by atoms with Crippen LogP contribution >= 0.6 is 0 Å². The van der Waals surface area contributed by atoms with Crippen molar-refractivity contribution >= 4 is 0 Å². The number of H-pyrrole nitrogens is 1. The molecule has 0 radical (unpaired) electrons. The summed E-state index contributed by atoms with van der Waals surface area (Å²) in [4.78, 5) is 7.62. The van der Waals surface area contributed by atoms with Crippen molar-refractivity contribution < 1.29 is 0 Å². The van der Waals surface area contributed by atoms with E-state index >= 15 is 0 Å². The topological polar surface area (TPSA) is 72.5 Å². The first-order valence-corrected chi connectivity index (χ1v) is 5.58. The number of nitrogens with two attached hydrogens (primary N) is 1. The smallest absolute Gasteiger partial charge is 0.126 e. The first kappa shape index (κ1) is 9.59. The van der Waals surface area contributed by atoms with Crippen LogP contribution in [0, 0.1) is 0 Å². The van der Waals surface area contributed by atoms with Crippen LogP contribution in [0.1, 0.15) is 25.6 Å². The Balaban J connectivity index is 1.92. The van der Waals surface area contributed by atoms with Gasteiger partial charge in [-0.15, -0.1) is 0 Å². The molecule has 2 aromatic heterocycles. The van der Waals surface area contributed by atoms with Gasteiger partial charge in [0.1, 0.15) is 5.82 Å². The van der Waals surface area contributed by atoms with Crippen molar-refractivity contribution in [2.24, 2.45) is 5.73 Å². The molecule has 84 valence electrons. The van der Waals surface area contributed by atoms with E-state index in [0.29, 0.717) is 0 Å². The van der Waals surface area contributed by atoms with E-state index in [9.17, 15) is 0 Å². The van der Waals surface area contributed by atoms with Gasteiger partial charge in [-0.2, -0.15) is 5.10 Å². The standard InChI is InChI=1S/C11H15N5/c1-2-16-7-8(5-14-16)9-6-13-10(15-9)11(12)3-4-11/h5-7H,2-4,12H2,1H3,(H,13,15). The summed E-state index contributed by atoms with van der Waals surface area (Å²) in [6, 6.07) is 0. The number of nitrogens with one attached hydrogen (secondary N) is 1. The fourth-order valence-corrected chi connectivity index (χ4v) is 1.77. The lowest BCUT2D eigenvalue weighted by Crippen LogP contribution is -2.20. The molecule has 1 saturated carbocycles. The van der Waals surface area contributed by atoms with Crippen molar-refractivity contribution in [3.05, 3.63) is 24.4 Å². The lowest BCUT2D eigenvalue weighted by molar-refractivity contribution is 0.660. The van der Waals surface area contributed by atoms with Crippen LogP contribution in [0.25, 0.3) is 11.3 Å². The Morgan fingerprint density at radius 3 is 2.94 bits per heavy atom. The molecule has 0 saturated heterocycles. The molecule has 16 heavy (non-hydrogen) atoms. The number of rotatable bonds is 3. The van der Waals surface area contributed by atoms with Gasteiger partial charge in [0.05, 0.1) is 23.6 Å². The molecule has 1 aliphatic rings. The van der Waals surface area contributed by atoms with Gasteiger partial charge in [-0.1, -0.05) is 0 Å². The van der Waals surface area contributed by atoms with Crippen molar-refractivity contribution in [2.75, 3.05) is 0 Å². The van der Waals surface area contributed by atoms with Gasteiger partial charge in [0.15, 0.2) is 0 Å². The lowest BCUT2D eigenvalue weighted by atomic mass is 10.3. The number of aryl methyl sites for hydroxylation is 1. The van der Waals surface area contributed by atoms with Crippen LogP contribution in [0.4, 0.5) is 0 Å². The zero-order valence-electron chi connectivity index (χ0n) is 9.27. The SMILES string of the molecule is CCn1cc(-c2cnc(C3(N)CC3)[nH]2)cn1. The molecule has 0 unspecified atom stereocenters. The molecular weight excluding hydrogens is 202 g/mol. The van der Waals surface area contributed by atoms with Crippen LogP contribution in [-0.2, 0) is 12.1 Å². The second-order valence-electron chi connectivity index (χ2n) is 4.39. The number of hydrogen-bond acceptors (Lipinski definition) is 3. The molecule has 0 spiro atoms. The highest BCUT2D eigenvalue weighted by molar-refractivity contribution is 5.56. The maximum absolute atomic E-state index is 6.08. The van der Waals surface area contributed by atoms with E-state index in [4.69, 9.17) is 5.73 Å². The van der Waals surface area contributed by atoms with Crippen LogP contribution in [0.5, 0.6) is 0 Å². The largest absolute Gasteiger partial charge is 0.340 e. The molecule has 2 heterocycles. The number of aromatic amines is 1. The molecule has 1 aliphatic carbocycles. The Labute approximate surface area is 93.7 Å². The molecular formula is C11H15N5. The third-order valence-electron chi connectivity index (χ3n) is 3.10. The third-order valence-corrected chi connectivity index (χ3v) is 3.10. The van der Waals surface area contributed by atoms with Crippen molar-refractivity contribution in [3.63, 3.8) is 0 Å². The Hall–Kier alpha value is -1.62. The maximum Gasteiger partial charge on any atom is 0.126 e. The summed E-state index contributed by atoms with van der Waals surface area (Å²) in [7, 11) is 0. The quantitative estimate of drug-likeness (QED) is 0.812. The zero-order valence-corrected chi connectivity index (χ0v) is 9.27. The minimum absolute atomic E-state index is 0.195. The minimum Gasteiger partial charge on any atom is -0.340 e. The predicted octanol–water partition coefficient (Wildman–Crippen LogP) is 1.24. The van der Waals surface area contributed by atoms with Crippen molar-refractivity contribution in [1.29, 1.82) is 0 Å². The number of imidazole rings is 1. The second-order valence-corrected chi connectivity index (χ2v) is 4.39. The Morgan fingerprint density at radius 1 is 1.50 bits per heavy atom. The van der Waals surface area contributed by atoms with Crippen LogP contribution in [0.3, 0.4) is 0 Å². The zero-order chi connectivity index (χ0) is 11.2. The highest BCUT2D eigenvalue weighted by Crippen LogP contribution is 2.41. The van der Waals surface area contributed by atoms with E-state index in [1.807, 2.05) is 23.3 Å². The molecule has 1 fully saturated rings. The maximum atomic E-state index is 6.08.